The Balaban J connectivity index is 0.827. The van der Waals surface area contributed by atoms with Gasteiger partial charge in [0.05, 0.1) is 58.4 Å². The highest BCUT2D eigenvalue weighted by Crippen LogP contribution is 2.44. The van der Waals surface area contributed by atoms with Crippen molar-refractivity contribution in [1.29, 1.82) is 5.26 Å². The van der Waals surface area contributed by atoms with E-state index in [1.165, 1.54) is 45.7 Å². The summed E-state index contributed by atoms with van der Waals surface area (Å²) >= 11 is 0. The Hall–Kier alpha value is -6.74. The number of halogens is 2. The summed E-state index contributed by atoms with van der Waals surface area (Å²) in [7, 11) is -1.13. The molecule has 4 aliphatic heterocycles. The second kappa shape index (κ2) is 17.7. The van der Waals surface area contributed by atoms with Crippen molar-refractivity contribution in [1.82, 2.24) is 33.9 Å². The molecule has 69 heavy (non-hydrogen) atoms. The minimum atomic E-state index is -4.06. The van der Waals surface area contributed by atoms with Crippen molar-refractivity contribution in [3.63, 3.8) is 0 Å². The summed E-state index contributed by atoms with van der Waals surface area (Å²) < 4.78 is 75.3. The molecule has 4 saturated heterocycles. The van der Waals surface area contributed by atoms with Crippen LogP contribution in [-0.4, -0.2) is 124 Å². The predicted octanol–water partition coefficient (Wildman–Crippen LogP) is 4.20. The number of hydrogen-bond acceptors (Lipinski definition) is 13. The molecule has 4 fully saturated rings. The Morgan fingerprint density at radius 1 is 1.04 bits per heavy atom. The standard InChI is InChI=1S/C46H51F2N11O9S/c1-5-54(3)69(65,66)53-34-10-8-32(47)40(31(34)24-49)68-28-6-9-33-30(22-28)42(62)59(27-50-33)44(2)25-46(67-26-44)15-20-57(21-16-46)37(61)23-45(64)13-18-56(19-14-45)35-11-7-29-39(38(35)48)55(4)52-41(29)58-17-12-36(60)51-43(58)63/h6-11,22,27,53,64H,5,12-21,23,25-26H2,1-4H3,(H,51,60,63). The van der Waals surface area contributed by atoms with Crippen molar-refractivity contribution < 1.29 is 46.2 Å². The summed E-state index contributed by atoms with van der Waals surface area (Å²) in [6.45, 7) is 5.29. The fraction of sp³-hybridized carbons (Fsp3) is 0.457. The Labute approximate surface area is 395 Å². The third-order valence-corrected chi connectivity index (χ3v) is 15.6. The number of imide groups is 1. The van der Waals surface area contributed by atoms with E-state index < -0.39 is 61.5 Å². The molecular formula is C46H51F2N11O9S. The van der Waals surface area contributed by atoms with E-state index in [2.05, 4.69) is 20.1 Å². The SMILES string of the molecule is CCN(C)S(=O)(=O)Nc1ccc(F)c(Oc2ccc3ncn(C4(C)COC5(CCN(C(=O)CC6(O)CCN(c7ccc8c(N9CCC(=O)NC9=O)nn(C)c8c7F)CC6)CC5)C4)c(=O)c3c2)c1C#N. The van der Waals surface area contributed by atoms with Crippen LogP contribution in [0.25, 0.3) is 21.8 Å². The molecule has 1 unspecified atom stereocenters. The van der Waals surface area contributed by atoms with E-state index in [0.717, 1.165) is 16.4 Å². The van der Waals surface area contributed by atoms with Crippen LogP contribution in [0.1, 0.15) is 64.4 Å². The molecule has 0 saturated carbocycles. The highest BCUT2D eigenvalue weighted by molar-refractivity contribution is 7.90. The average molecular weight is 972 g/mol. The summed E-state index contributed by atoms with van der Waals surface area (Å²) in [4.78, 5) is 61.5. The van der Waals surface area contributed by atoms with Crippen LogP contribution >= 0.6 is 0 Å². The normalized spacial score (nSPS) is 20.5. The van der Waals surface area contributed by atoms with Crippen LogP contribution in [-0.2, 0) is 37.1 Å². The van der Waals surface area contributed by atoms with Gasteiger partial charge in [0.2, 0.25) is 11.8 Å². The number of aromatic nitrogens is 4. The maximum atomic E-state index is 16.2. The predicted molar refractivity (Wildman–Crippen MR) is 248 cm³/mol. The number of nitrogens with one attached hydrogen (secondary N) is 2. The van der Waals surface area contributed by atoms with Gasteiger partial charge in [-0.15, -0.1) is 0 Å². The molecule has 1 spiro atoms. The number of urea groups is 1. The first-order valence-electron chi connectivity index (χ1n) is 22.6. The van der Waals surface area contributed by atoms with E-state index in [-0.39, 0.29) is 98.4 Å². The fourth-order valence-corrected chi connectivity index (χ4v) is 10.8. The number of piperidine rings is 2. The Morgan fingerprint density at radius 2 is 1.78 bits per heavy atom. The second-order valence-electron chi connectivity index (χ2n) is 18.5. The molecule has 364 valence electrons. The maximum absolute atomic E-state index is 16.2. The monoisotopic (exact) mass is 971 g/mol. The van der Waals surface area contributed by atoms with E-state index in [9.17, 15) is 38.0 Å². The lowest BCUT2D eigenvalue weighted by Crippen LogP contribution is -2.51. The number of nitriles is 1. The molecule has 4 amide bonds. The molecule has 3 N–H and O–H groups in total. The molecule has 2 aromatic heterocycles. The van der Waals surface area contributed by atoms with Gasteiger partial charge in [-0.2, -0.15) is 23.1 Å². The molecule has 3 aromatic carbocycles. The Bertz CT molecular complexity index is 3140. The summed E-state index contributed by atoms with van der Waals surface area (Å²) in [6, 6.07) is 11.0. The van der Waals surface area contributed by atoms with Gasteiger partial charge in [-0.25, -0.2) is 18.6 Å². The summed E-state index contributed by atoms with van der Waals surface area (Å²) in [5.74, 6) is -2.32. The number of hydrogen-bond donors (Lipinski definition) is 3. The van der Waals surface area contributed by atoms with E-state index in [1.807, 2.05) is 17.9 Å². The van der Waals surface area contributed by atoms with Crippen LogP contribution in [0, 0.1) is 23.0 Å². The number of fused-ring (bicyclic) bond motifs is 2. The number of rotatable bonds is 11. The van der Waals surface area contributed by atoms with Crippen LogP contribution in [0.4, 0.5) is 30.8 Å². The average Bonchev–Trinajstić information content (AvgIpc) is 3.83. The van der Waals surface area contributed by atoms with Crippen LogP contribution in [0.2, 0.25) is 0 Å². The molecule has 23 heteroatoms. The summed E-state index contributed by atoms with van der Waals surface area (Å²) in [5, 5.41) is 28.8. The van der Waals surface area contributed by atoms with E-state index in [1.54, 1.807) is 31.0 Å². The van der Waals surface area contributed by atoms with Crippen molar-refractivity contribution in [3.05, 3.63) is 76.3 Å². The summed E-state index contributed by atoms with van der Waals surface area (Å²) in [6.07, 6.45) is 3.32. The highest BCUT2D eigenvalue weighted by Gasteiger charge is 2.50. The first kappa shape index (κ1) is 47.3. The minimum absolute atomic E-state index is 0.00964. The van der Waals surface area contributed by atoms with Crippen molar-refractivity contribution in [3.8, 4) is 17.6 Å². The van der Waals surface area contributed by atoms with Gasteiger partial charge < -0.3 is 24.4 Å². The fourth-order valence-electron chi connectivity index (χ4n) is 9.89. The number of likely N-dealkylation sites (tertiary alicyclic amines) is 1. The number of benzene rings is 3. The zero-order valence-corrected chi connectivity index (χ0v) is 39.2. The van der Waals surface area contributed by atoms with Crippen molar-refractivity contribution in [2.45, 2.75) is 75.5 Å². The first-order valence-corrected chi connectivity index (χ1v) is 24.0. The van der Waals surface area contributed by atoms with Gasteiger partial charge in [0, 0.05) is 71.6 Å². The van der Waals surface area contributed by atoms with Gasteiger partial charge in [-0.3, -0.25) is 38.6 Å². The smallest absolute Gasteiger partial charge is 0.329 e. The van der Waals surface area contributed by atoms with Crippen LogP contribution in [0.15, 0.2) is 53.6 Å². The lowest BCUT2D eigenvalue weighted by Gasteiger charge is -2.42. The molecule has 0 bridgehead atoms. The third kappa shape index (κ3) is 8.70. The highest BCUT2D eigenvalue weighted by atomic mass is 32.2. The molecular weight excluding hydrogens is 921 g/mol. The molecule has 0 aliphatic carbocycles. The molecule has 9 rings (SSSR count). The number of carbonyl (C=O) groups excluding carboxylic acids is 3. The van der Waals surface area contributed by atoms with E-state index in [0.29, 0.717) is 48.9 Å². The molecule has 1 atom stereocenters. The number of ether oxygens (including phenoxy) is 2. The van der Waals surface area contributed by atoms with Crippen molar-refractivity contribution >= 4 is 67.1 Å². The van der Waals surface area contributed by atoms with Gasteiger partial charge in [0.1, 0.15) is 22.9 Å². The lowest BCUT2D eigenvalue weighted by molar-refractivity contribution is -0.142. The topological polar surface area (TPSA) is 238 Å². The van der Waals surface area contributed by atoms with E-state index in [4.69, 9.17) is 9.47 Å². The Kier molecular flexibility index (Phi) is 12.1. The van der Waals surface area contributed by atoms with Crippen molar-refractivity contribution in [2.75, 3.05) is 67.4 Å². The molecule has 6 heterocycles. The number of amides is 4. The van der Waals surface area contributed by atoms with Gasteiger partial charge in [0.25, 0.3) is 5.56 Å². The largest absolute Gasteiger partial charge is 0.453 e. The van der Waals surface area contributed by atoms with Gasteiger partial charge in [-0.1, -0.05) is 6.92 Å². The van der Waals surface area contributed by atoms with Crippen LogP contribution in [0.5, 0.6) is 11.5 Å². The number of carbonyl (C=O) groups is 3. The molecule has 20 nitrogen and oxygen atoms in total. The van der Waals surface area contributed by atoms with Gasteiger partial charge in [-0.05, 0) is 75.1 Å². The molecule has 0 radical (unpaired) electrons. The molecule has 5 aromatic rings. The third-order valence-electron chi connectivity index (χ3n) is 14.0. The zero-order chi connectivity index (χ0) is 49.2. The van der Waals surface area contributed by atoms with Crippen LogP contribution < -0.4 is 30.1 Å². The number of anilines is 3. The zero-order valence-electron chi connectivity index (χ0n) is 38.4. The minimum Gasteiger partial charge on any atom is -0.453 e. The van der Waals surface area contributed by atoms with E-state index >= 15 is 8.78 Å². The van der Waals surface area contributed by atoms with Crippen molar-refractivity contribution in [2.24, 2.45) is 7.05 Å². The first-order chi connectivity index (χ1) is 32.8. The lowest BCUT2D eigenvalue weighted by atomic mass is 9.82. The Morgan fingerprint density at radius 3 is 2.48 bits per heavy atom. The number of aliphatic hydroxyl groups is 1. The number of nitrogens with zero attached hydrogens (tertiary/aromatic N) is 9. The van der Waals surface area contributed by atoms with Crippen LogP contribution in [0.3, 0.4) is 0 Å². The maximum Gasteiger partial charge on any atom is 0.329 e. The second-order valence-corrected chi connectivity index (χ2v) is 20.3. The van der Waals surface area contributed by atoms with Gasteiger partial charge in [0.15, 0.2) is 23.2 Å². The van der Waals surface area contributed by atoms with Gasteiger partial charge >= 0.3 is 16.2 Å². The quantitative estimate of drug-likeness (QED) is 0.169. The molecule has 4 aliphatic rings. The summed E-state index contributed by atoms with van der Waals surface area (Å²) in [5.41, 5.74) is -2.94. The number of aryl methyl sites for hydroxylation is 1.